The summed E-state index contributed by atoms with van der Waals surface area (Å²) in [4.78, 5) is 2.20. The molecule has 2 aromatic carbocycles. The number of hydrogen-bond donors (Lipinski definition) is 2. The van der Waals surface area contributed by atoms with Crippen LogP contribution in [0.1, 0.15) is 70.6 Å². The number of aliphatic hydroxyl groups is 2. The Kier molecular flexibility index (Phi) is 11.9. The van der Waals surface area contributed by atoms with E-state index in [1.54, 1.807) is 26.2 Å². The van der Waals surface area contributed by atoms with Crippen molar-refractivity contribution in [3.05, 3.63) is 58.9 Å². The van der Waals surface area contributed by atoms with E-state index in [0.717, 1.165) is 31.6 Å². The van der Waals surface area contributed by atoms with Gasteiger partial charge in [0.15, 0.2) is 0 Å². The molecule has 3 rings (SSSR count). The molecule has 5 nitrogen and oxygen atoms in total. The second-order valence-corrected chi connectivity index (χ2v) is 8.08. The van der Waals surface area contributed by atoms with Crippen LogP contribution in [0.25, 0.3) is 0 Å². The van der Waals surface area contributed by atoms with Crippen molar-refractivity contribution in [2.24, 2.45) is 5.92 Å². The van der Waals surface area contributed by atoms with E-state index in [2.05, 4.69) is 24.8 Å². The summed E-state index contributed by atoms with van der Waals surface area (Å²) < 4.78 is 19.3. The van der Waals surface area contributed by atoms with Gasteiger partial charge in [-0.1, -0.05) is 46.2 Å². The Hall–Kier alpha value is -2.62. The minimum absolute atomic E-state index is 0.0107. The van der Waals surface area contributed by atoms with Gasteiger partial charge in [0.1, 0.15) is 17.6 Å². The number of piperidine rings is 1. The lowest BCUT2D eigenvalue weighted by Gasteiger charge is -2.41. The molecule has 0 bridgehead atoms. The first-order valence-electron chi connectivity index (χ1n) is 11.8. The Labute approximate surface area is 198 Å². The van der Waals surface area contributed by atoms with Crippen LogP contribution < -0.4 is 9.64 Å². The lowest BCUT2D eigenvalue weighted by atomic mass is 9.77. The summed E-state index contributed by atoms with van der Waals surface area (Å²) in [5, 5.41) is 29.4. The second-order valence-electron chi connectivity index (χ2n) is 8.08. The van der Waals surface area contributed by atoms with Gasteiger partial charge in [0.25, 0.3) is 0 Å². The molecule has 33 heavy (non-hydrogen) atoms. The minimum atomic E-state index is -1.15. The zero-order chi connectivity index (χ0) is 25.0. The second kappa shape index (κ2) is 13.8. The van der Waals surface area contributed by atoms with Crippen molar-refractivity contribution < 1.29 is 19.3 Å². The van der Waals surface area contributed by atoms with Crippen LogP contribution in [0.15, 0.2) is 36.4 Å². The lowest BCUT2D eigenvalue weighted by Crippen LogP contribution is -2.42. The third-order valence-corrected chi connectivity index (χ3v) is 5.77. The summed E-state index contributed by atoms with van der Waals surface area (Å²) in [5.41, 5.74) is 1.08. The third-order valence-electron chi connectivity index (χ3n) is 5.77. The molecule has 2 N–H and O–H groups in total. The van der Waals surface area contributed by atoms with Gasteiger partial charge in [0, 0.05) is 30.4 Å². The fourth-order valence-electron chi connectivity index (χ4n) is 3.89. The average molecular weight is 459 g/mol. The molecule has 1 atom stereocenters. The first kappa shape index (κ1) is 28.4. The van der Waals surface area contributed by atoms with Crippen LogP contribution >= 0.6 is 0 Å². The summed E-state index contributed by atoms with van der Waals surface area (Å²) in [6.07, 6.45) is 2.75. The number of nitrogens with zero attached hydrogens (tertiary/aromatic N) is 2. The van der Waals surface area contributed by atoms with Gasteiger partial charge in [0.05, 0.1) is 24.9 Å². The van der Waals surface area contributed by atoms with Crippen molar-refractivity contribution in [1.82, 2.24) is 0 Å². The van der Waals surface area contributed by atoms with E-state index in [-0.39, 0.29) is 18.1 Å². The zero-order valence-corrected chi connectivity index (χ0v) is 20.9. The lowest BCUT2D eigenvalue weighted by molar-refractivity contribution is -0.0164. The van der Waals surface area contributed by atoms with E-state index >= 15 is 0 Å². The van der Waals surface area contributed by atoms with Gasteiger partial charge in [-0.15, -0.1) is 0 Å². The minimum Gasteiger partial charge on any atom is -0.495 e. The SMILES string of the molecule is CC.CCC.COc1cc(N2CCC(C(C)(O)c3ccc(CO)c(F)c3)CC2)ccc1C#N. The highest BCUT2D eigenvalue weighted by atomic mass is 19.1. The first-order chi connectivity index (χ1) is 15.8. The van der Waals surface area contributed by atoms with Crippen LogP contribution in [-0.4, -0.2) is 30.4 Å². The third kappa shape index (κ3) is 7.18. The first-order valence-corrected chi connectivity index (χ1v) is 11.8. The molecule has 1 heterocycles. The molecule has 0 aliphatic carbocycles. The van der Waals surface area contributed by atoms with E-state index in [4.69, 9.17) is 15.1 Å². The molecule has 0 amide bonds. The number of nitriles is 1. The van der Waals surface area contributed by atoms with E-state index in [1.165, 1.54) is 18.6 Å². The highest BCUT2D eigenvalue weighted by molar-refractivity contribution is 5.57. The fraction of sp³-hybridized carbons (Fsp3) is 0.519. The molecular formula is C27H39FN2O3. The average Bonchev–Trinajstić information content (AvgIpc) is 2.85. The van der Waals surface area contributed by atoms with Gasteiger partial charge < -0.3 is 19.8 Å². The maximum absolute atomic E-state index is 14.1. The zero-order valence-electron chi connectivity index (χ0n) is 20.9. The predicted octanol–water partition coefficient (Wildman–Crippen LogP) is 5.76. The topological polar surface area (TPSA) is 76.7 Å². The number of benzene rings is 2. The fourth-order valence-corrected chi connectivity index (χ4v) is 3.89. The van der Waals surface area contributed by atoms with Gasteiger partial charge in [-0.05, 0) is 49.4 Å². The quantitative estimate of drug-likeness (QED) is 0.595. The van der Waals surface area contributed by atoms with E-state index < -0.39 is 11.4 Å². The van der Waals surface area contributed by atoms with Crippen LogP contribution in [-0.2, 0) is 12.2 Å². The maximum atomic E-state index is 14.1. The summed E-state index contributed by atoms with van der Waals surface area (Å²) in [6.45, 7) is 11.1. The molecule has 1 fully saturated rings. The van der Waals surface area contributed by atoms with Gasteiger partial charge >= 0.3 is 0 Å². The molecule has 0 radical (unpaired) electrons. The highest BCUT2D eigenvalue weighted by Crippen LogP contribution is 2.38. The largest absolute Gasteiger partial charge is 0.495 e. The van der Waals surface area contributed by atoms with Crippen LogP contribution in [0, 0.1) is 23.1 Å². The standard InChI is InChI=1S/C22H25FN2O3.C3H8.C2H6/c1-22(27,18-5-3-16(14-26)20(23)11-18)17-7-9-25(10-8-17)19-6-4-15(13-24)21(12-19)28-2;1-3-2;1-2/h3-6,11-12,17,26-27H,7-10,14H2,1-2H3;3H2,1-2H3;1-2H3. The number of rotatable bonds is 5. The van der Waals surface area contributed by atoms with Crippen LogP contribution in [0.4, 0.5) is 10.1 Å². The summed E-state index contributed by atoms with van der Waals surface area (Å²) >= 11 is 0. The maximum Gasteiger partial charge on any atom is 0.138 e. The smallest absolute Gasteiger partial charge is 0.138 e. The number of halogens is 1. The van der Waals surface area contributed by atoms with Gasteiger partial charge in [-0.2, -0.15) is 5.26 Å². The Morgan fingerprint density at radius 2 is 1.76 bits per heavy atom. The van der Waals surface area contributed by atoms with Gasteiger partial charge in [0.2, 0.25) is 0 Å². The summed E-state index contributed by atoms with van der Waals surface area (Å²) in [7, 11) is 1.55. The molecule has 1 saturated heterocycles. The molecule has 182 valence electrons. The normalized spacial score (nSPS) is 15.2. The molecule has 6 heteroatoms. The molecular weight excluding hydrogens is 419 g/mol. The molecule has 0 saturated carbocycles. The molecule has 1 unspecified atom stereocenters. The molecule has 0 aromatic heterocycles. The van der Waals surface area contributed by atoms with E-state index in [9.17, 15) is 9.50 Å². The van der Waals surface area contributed by atoms with E-state index in [1.807, 2.05) is 26.0 Å². The predicted molar refractivity (Wildman–Crippen MR) is 132 cm³/mol. The van der Waals surface area contributed by atoms with Crippen molar-refractivity contribution in [1.29, 1.82) is 5.26 Å². The Balaban J connectivity index is 0.00000101. The number of methoxy groups -OCH3 is 1. The van der Waals surface area contributed by atoms with Crippen molar-refractivity contribution >= 4 is 5.69 Å². The monoisotopic (exact) mass is 458 g/mol. The Morgan fingerprint density at radius 1 is 1.15 bits per heavy atom. The Bertz CT molecular complexity index is 901. The van der Waals surface area contributed by atoms with Crippen molar-refractivity contribution in [2.45, 2.75) is 66.1 Å². The number of aliphatic hydroxyl groups excluding tert-OH is 1. The highest BCUT2D eigenvalue weighted by Gasteiger charge is 2.36. The van der Waals surface area contributed by atoms with Crippen molar-refractivity contribution in [2.75, 3.05) is 25.1 Å². The Morgan fingerprint density at radius 3 is 2.24 bits per heavy atom. The number of ether oxygens (including phenoxy) is 1. The number of anilines is 1. The molecule has 1 aliphatic heterocycles. The molecule has 2 aromatic rings. The van der Waals surface area contributed by atoms with Crippen LogP contribution in [0.3, 0.4) is 0 Å². The van der Waals surface area contributed by atoms with Gasteiger partial charge in [-0.25, -0.2) is 4.39 Å². The van der Waals surface area contributed by atoms with E-state index in [0.29, 0.717) is 16.9 Å². The van der Waals surface area contributed by atoms with Crippen molar-refractivity contribution in [3.63, 3.8) is 0 Å². The molecule has 0 spiro atoms. The molecule has 1 aliphatic rings. The summed E-state index contributed by atoms with van der Waals surface area (Å²) in [5.74, 6) is 0.0411. The van der Waals surface area contributed by atoms with Crippen molar-refractivity contribution in [3.8, 4) is 11.8 Å². The van der Waals surface area contributed by atoms with Gasteiger partial charge in [-0.3, -0.25) is 0 Å². The number of hydrogen-bond acceptors (Lipinski definition) is 5. The summed E-state index contributed by atoms with van der Waals surface area (Å²) in [6, 6.07) is 12.2. The van der Waals surface area contributed by atoms with Crippen LogP contribution in [0.5, 0.6) is 5.75 Å². The van der Waals surface area contributed by atoms with Crippen LogP contribution in [0.2, 0.25) is 0 Å².